The van der Waals surface area contributed by atoms with Crippen molar-refractivity contribution in [2.45, 2.75) is 44.6 Å². The minimum Gasteiger partial charge on any atom is -0.341 e. The second-order valence-corrected chi connectivity index (χ2v) is 7.91. The summed E-state index contributed by atoms with van der Waals surface area (Å²) in [5.74, 6) is 0.241. The Labute approximate surface area is 153 Å². The van der Waals surface area contributed by atoms with Gasteiger partial charge in [0, 0.05) is 19.5 Å². The molecule has 2 saturated heterocycles. The molecule has 1 aromatic rings. The third-order valence-electron chi connectivity index (χ3n) is 6.11. The number of piperidine rings is 1. The molecule has 0 radical (unpaired) electrons. The van der Waals surface area contributed by atoms with Crippen LogP contribution in [-0.2, 0) is 22.4 Å². The fourth-order valence-corrected chi connectivity index (χ4v) is 4.34. The molecule has 0 aromatic heterocycles. The maximum absolute atomic E-state index is 13.0. The number of amides is 4. The Balaban J connectivity index is 1.47. The number of fused-ring (bicyclic) bond motifs is 1. The summed E-state index contributed by atoms with van der Waals surface area (Å²) >= 11 is 0. The van der Waals surface area contributed by atoms with Gasteiger partial charge in [-0.2, -0.15) is 0 Å². The Morgan fingerprint density at radius 3 is 2.62 bits per heavy atom. The number of urea groups is 1. The molecule has 1 aliphatic carbocycles. The second kappa shape index (κ2) is 6.41. The number of imide groups is 1. The quantitative estimate of drug-likeness (QED) is 0.822. The van der Waals surface area contributed by atoms with Crippen molar-refractivity contribution in [3.8, 4) is 0 Å². The summed E-state index contributed by atoms with van der Waals surface area (Å²) in [7, 11) is 0. The van der Waals surface area contributed by atoms with Crippen LogP contribution in [0.3, 0.4) is 0 Å². The van der Waals surface area contributed by atoms with Crippen molar-refractivity contribution in [3.05, 3.63) is 35.4 Å². The molecule has 138 valence electrons. The average Bonchev–Trinajstić information content (AvgIpc) is 2.86. The van der Waals surface area contributed by atoms with Crippen LogP contribution in [0.15, 0.2) is 24.3 Å². The second-order valence-electron chi connectivity index (χ2n) is 7.91. The largest absolute Gasteiger partial charge is 0.341 e. The molecule has 6 nitrogen and oxygen atoms in total. The zero-order valence-corrected chi connectivity index (χ0v) is 15.2. The SMILES string of the molecule is CC1CCN(C(=O)CN2C(=O)NC3(CCc4ccccc4C3)C2=O)CC1. The van der Waals surface area contributed by atoms with Crippen molar-refractivity contribution in [3.63, 3.8) is 0 Å². The van der Waals surface area contributed by atoms with E-state index in [1.54, 1.807) is 4.90 Å². The predicted octanol–water partition coefficient (Wildman–Crippen LogP) is 1.72. The van der Waals surface area contributed by atoms with Gasteiger partial charge in [-0.05, 0) is 42.7 Å². The first-order valence-corrected chi connectivity index (χ1v) is 9.47. The van der Waals surface area contributed by atoms with Gasteiger partial charge in [0.25, 0.3) is 5.91 Å². The van der Waals surface area contributed by atoms with E-state index in [1.807, 2.05) is 18.2 Å². The van der Waals surface area contributed by atoms with Gasteiger partial charge in [0.15, 0.2) is 0 Å². The highest BCUT2D eigenvalue weighted by molar-refractivity contribution is 6.09. The number of carbonyl (C=O) groups is 3. The monoisotopic (exact) mass is 355 g/mol. The third-order valence-corrected chi connectivity index (χ3v) is 6.11. The first-order chi connectivity index (χ1) is 12.5. The summed E-state index contributed by atoms with van der Waals surface area (Å²) in [5, 5.41) is 2.89. The Morgan fingerprint density at radius 2 is 1.88 bits per heavy atom. The number of likely N-dealkylation sites (tertiary alicyclic amines) is 1. The first kappa shape index (κ1) is 17.1. The Kier molecular flexibility index (Phi) is 4.21. The summed E-state index contributed by atoms with van der Waals surface area (Å²) in [5.41, 5.74) is 1.45. The third kappa shape index (κ3) is 2.87. The summed E-state index contributed by atoms with van der Waals surface area (Å²) in [4.78, 5) is 41.0. The van der Waals surface area contributed by atoms with Crippen molar-refractivity contribution in [1.29, 1.82) is 0 Å². The van der Waals surface area contributed by atoms with Crippen LogP contribution in [0.1, 0.15) is 37.3 Å². The van der Waals surface area contributed by atoms with E-state index in [0.717, 1.165) is 29.7 Å². The zero-order valence-electron chi connectivity index (χ0n) is 15.2. The number of rotatable bonds is 2. The maximum Gasteiger partial charge on any atom is 0.325 e. The van der Waals surface area contributed by atoms with Crippen LogP contribution in [0.2, 0.25) is 0 Å². The highest BCUT2D eigenvalue weighted by Crippen LogP contribution is 2.33. The number of hydrogen-bond donors (Lipinski definition) is 1. The molecule has 1 spiro atoms. The average molecular weight is 355 g/mol. The van der Waals surface area contributed by atoms with Gasteiger partial charge in [0.05, 0.1) is 0 Å². The molecule has 2 aliphatic heterocycles. The van der Waals surface area contributed by atoms with E-state index in [0.29, 0.717) is 31.8 Å². The highest BCUT2D eigenvalue weighted by Gasteiger charge is 2.52. The number of benzene rings is 1. The molecular weight excluding hydrogens is 330 g/mol. The van der Waals surface area contributed by atoms with Crippen LogP contribution in [0.4, 0.5) is 4.79 Å². The van der Waals surface area contributed by atoms with Gasteiger partial charge in [0.2, 0.25) is 5.91 Å². The van der Waals surface area contributed by atoms with E-state index in [9.17, 15) is 14.4 Å². The lowest BCUT2D eigenvalue weighted by molar-refractivity contribution is -0.140. The summed E-state index contributed by atoms with van der Waals surface area (Å²) in [6, 6.07) is 7.60. The molecule has 1 N–H and O–H groups in total. The highest BCUT2D eigenvalue weighted by atomic mass is 16.2. The van der Waals surface area contributed by atoms with Crippen LogP contribution in [0, 0.1) is 5.92 Å². The molecule has 2 fully saturated rings. The van der Waals surface area contributed by atoms with Crippen molar-refractivity contribution in [2.24, 2.45) is 5.92 Å². The first-order valence-electron chi connectivity index (χ1n) is 9.47. The van der Waals surface area contributed by atoms with Crippen molar-refractivity contribution in [1.82, 2.24) is 15.1 Å². The Hall–Kier alpha value is -2.37. The van der Waals surface area contributed by atoms with Crippen LogP contribution in [-0.4, -0.2) is 52.8 Å². The standard InChI is InChI=1S/C20H25N3O3/c1-14-7-10-22(11-8-14)17(24)13-23-18(25)20(21-19(23)26)9-6-15-4-2-3-5-16(15)12-20/h2-5,14H,6-13H2,1H3,(H,21,26). The molecule has 1 atom stereocenters. The topological polar surface area (TPSA) is 69.7 Å². The molecule has 2 heterocycles. The lowest BCUT2D eigenvalue weighted by atomic mass is 9.78. The molecule has 0 bridgehead atoms. The van der Waals surface area contributed by atoms with Gasteiger partial charge in [-0.1, -0.05) is 31.2 Å². The molecule has 6 heteroatoms. The number of nitrogens with zero attached hydrogens (tertiary/aromatic N) is 2. The van der Waals surface area contributed by atoms with Crippen molar-refractivity contribution >= 4 is 17.8 Å². The molecule has 4 rings (SSSR count). The van der Waals surface area contributed by atoms with E-state index in [1.165, 1.54) is 5.56 Å². The van der Waals surface area contributed by atoms with Gasteiger partial charge in [-0.25, -0.2) is 4.79 Å². The summed E-state index contributed by atoms with van der Waals surface area (Å²) < 4.78 is 0. The lowest BCUT2D eigenvalue weighted by Crippen LogP contribution is -2.52. The fourth-order valence-electron chi connectivity index (χ4n) is 4.34. The Morgan fingerprint density at radius 1 is 1.19 bits per heavy atom. The smallest absolute Gasteiger partial charge is 0.325 e. The number of aryl methyl sites for hydroxylation is 1. The van der Waals surface area contributed by atoms with Crippen molar-refractivity contribution in [2.75, 3.05) is 19.6 Å². The van der Waals surface area contributed by atoms with E-state index in [4.69, 9.17) is 0 Å². The summed E-state index contributed by atoms with van der Waals surface area (Å²) in [6.07, 6.45) is 3.80. The van der Waals surface area contributed by atoms with Gasteiger partial charge in [0.1, 0.15) is 12.1 Å². The summed E-state index contributed by atoms with van der Waals surface area (Å²) in [6.45, 7) is 3.46. The van der Waals surface area contributed by atoms with Crippen LogP contribution in [0.5, 0.6) is 0 Å². The lowest BCUT2D eigenvalue weighted by Gasteiger charge is -2.33. The molecular formula is C20H25N3O3. The molecule has 3 aliphatic rings. The van der Waals surface area contributed by atoms with Gasteiger partial charge in [-0.3, -0.25) is 14.5 Å². The van der Waals surface area contributed by atoms with E-state index >= 15 is 0 Å². The number of nitrogens with one attached hydrogen (secondary N) is 1. The van der Waals surface area contributed by atoms with E-state index in [-0.39, 0.29) is 18.4 Å². The molecule has 4 amide bonds. The van der Waals surface area contributed by atoms with Gasteiger partial charge in [-0.15, -0.1) is 0 Å². The van der Waals surface area contributed by atoms with Crippen LogP contribution in [0.25, 0.3) is 0 Å². The van der Waals surface area contributed by atoms with Crippen LogP contribution >= 0.6 is 0 Å². The van der Waals surface area contributed by atoms with Crippen LogP contribution < -0.4 is 5.32 Å². The predicted molar refractivity (Wildman–Crippen MR) is 96.4 cm³/mol. The fraction of sp³-hybridized carbons (Fsp3) is 0.550. The van der Waals surface area contributed by atoms with Crippen molar-refractivity contribution < 1.29 is 14.4 Å². The zero-order chi connectivity index (χ0) is 18.3. The van der Waals surface area contributed by atoms with E-state index < -0.39 is 11.6 Å². The maximum atomic E-state index is 13.0. The molecule has 1 aromatic carbocycles. The van der Waals surface area contributed by atoms with Gasteiger partial charge >= 0.3 is 6.03 Å². The van der Waals surface area contributed by atoms with E-state index in [2.05, 4.69) is 18.3 Å². The number of carbonyl (C=O) groups excluding carboxylic acids is 3. The molecule has 26 heavy (non-hydrogen) atoms. The minimum atomic E-state index is -0.887. The number of hydrogen-bond acceptors (Lipinski definition) is 3. The minimum absolute atomic E-state index is 0.131. The molecule has 0 saturated carbocycles. The Bertz CT molecular complexity index is 754. The normalized spacial score (nSPS) is 26.2. The molecule has 1 unspecified atom stereocenters. The van der Waals surface area contributed by atoms with Gasteiger partial charge < -0.3 is 10.2 Å².